The molecule has 39 heavy (non-hydrogen) atoms. The smallest absolute Gasteiger partial charge is 0.420 e. The minimum atomic E-state index is -3.83. The summed E-state index contributed by atoms with van der Waals surface area (Å²) < 4.78 is 30.2. The standard InChI is InChI=1S/C28H28ClF2N5O3/c1-15(2)36-25-21(20-8-9-23(26(20)36)34-16(3)37)12-17(13-22(25)24-14-32-10-11-33-24)27(38)35-18-4-6-19(7-5-18)39-28(29,30)31/h4-7,10-15,20,23,26H,8-9H2,1-3H3,(H,34,37)(H,35,38). The Balaban J connectivity index is 1.53. The van der Waals surface area contributed by atoms with E-state index in [1.54, 1.807) is 24.7 Å². The molecule has 5 rings (SSSR count). The van der Waals surface area contributed by atoms with Crippen LogP contribution < -0.4 is 20.3 Å². The molecule has 2 amide bonds. The molecule has 1 aromatic heterocycles. The molecule has 1 fully saturated rings. The van der Waals surface area contributed by atoms with Gasteiger partial charge in [0.15, 0.2) is 0 Å². The minimum Gasteiger partial charge on any atom is -0.420 e. The maximum absolute atomic E-state index is 13.4. The highest BCUT2D eigenvalue weighted by Crippen LogP contribution is 2.53. The van der Waals surface area contributed by atoms with Crippen LogP contribution in [0.25, 0.3) is 11.3 Å². The maximum Gasteiger partial charge on any atom is 0.487 e. The molecule has 0 saturated heterocycles. The van der Waals surface area contributed by atoms with Gasteiger partial charge in [-0.05, 0) is 68.7 Å². The third-order valence-electron chi connectivity index (χ3n) is 7.12. The summed E-state index contributed by atoms with van der Waals surface area (Å²) in [6.07, 6.45) is 6.57. The van der Waals surface area contributed by atoms with E-state index >= 15 is 0 Å². The lowest BCUT2D eigenvalue weighted by molar-refractivity contribution is -0.119. The Morgan fingerprint density at radius 3 is 2.51 bits per heavy atom. The fraction of sp³-hybridized carbons (Fsp3) is 0.357. The summed E-state index contributed by atoms with van der Waals surface area (Å²) in [6.45, 7) is 5.76. The average Bonchev–Trinajstić information content (AvgIpc) is 3.42. The van der Waals surface area contributed by atoms with Gasteiger partial charge in [-0.15, -0.1) is 8.78 Å². The summed E-state index contributed by atoms with van der Waals surface area (Å²) >= 11 is 4.83. The Kier molecular flexibility index (Phi) is 7.15. The molecule has 0 spiro atoms. The molecule has 8 nitrogen and oxygen atoms in total. The molecule has 2 heterocycles. The van der Waals surface area contributed by atoms with Gasteiger partial charge in [0.2, 0.25) is 5.91 Å². The molecule has 2 aromatic carbocycles. The molecule has 0 bridgehead atoms. The van der Waals surface area contributed by atoms with Crippen LogP contribution in [0, 0.1) is 0 Å². The molecule has 3 unspecified atom stereocenters. The first-order chi connectivity index (χ1) is 18.5. The number of rotatable bonds is 7. The zero-order valence-electron chi connectivity index (χ0n) is 21.6. The summed E-state index contributed by atoms with van der Waals surface area (Å²) in [5.41, 5.74) is 0.442. The van der Waals surface area contributed by atoms with Gasteiger partial charge in [-0.2, -0.15) is 0 Å². The van der Waals surface area contributed by atoms with Crippen LogP contribution in [-0.2, 0) is 4.79 Å². The number of alkyl halides is 3. The molecule has 1 aliphatic carbocycles. The lowest BCUT2D eigenvalue weighted by Gasteiger charge is -2.36. The van der Waals surface area contributed by atoms with E-state index in [0.717, 1.165) is 29.7 Å². The van der Waals surface area contributed by atoms with Crippen molar-refractivity contribution < 1.29 is 23.1 Å². The molecule has 2 N–H and O–H groups in total. The lowest BCUT2D eigenvalue weighted by Crippen LogP contribution is -2.50. The van der Waals surface area contributed by atoms with Crippen LogP contribution >= 0.6 is 11.6 Å². The van der Waals surface area contributed by atoms with Crippen molar-refractivity contribution in [1.82, 2.24) is 15.3 Å². The normalized spacial score (nSPS) is 20.0. The van der Waals surface area contributed by atoms with Crippen molar-refractivity contribution >= 4 is 34.8 Å². The Morgan fingerprint density at radius 1 is 1.15 bits per heavy atom. The van der Waals surface area contributed by atoms with Gasteiger partial charge >= 0.3 is 5.57 Å². The number of carbonyl (C=O) groups excluding carboxylic acids is 2. The van der Waals surface area contributed by atoms with Gasteiger partial charge in [0.05, 0.1) is 23.6 Å². The van der Waals surface area contributed by atoms with Crippen molar-refractivity contribution in [1.29, 1.82) is 0 Å². The van der Waals surface area contributed by atoms with E-state index in [1.165, 1.54) is 31.2 Å². The van der Waals surface area contributed by atoms with E-state index in [-0.39, 0.29) is 41.6 Å². The number of hydrogen-bond acceptors (Lipinski definition) is 6. The predicted octanol–water partition coefficient (Wildman–Crippen LogP) is 5.54. The van der Waals surface area contributed by atoms with Gasteiger partial charge < -0.3 is 20.3 Å². The number of amides is 2. The largest absolute Gasteiger partial charge is 0.487 e. The highest BCUT2D eigenvalue weighted by Gasteiger charge is 2.49. The Labute approximate surface area is 229 Å². The van der Waals surface area contributed by atoms with Crippen LogP contribution in [0.4, 0.5) is 20.2 Å². The average molecular weight is 556 g/mol. The third kappa shape index (κ3) is 5.52. The molecule has 0 radical (unpaired) electrons. The second-order valence-corrected chi connectivity index (χ2v) is 10.5. The molecule has 1 saturated carbocycles. The second-order valence-electron chi connectivity index (χ2n) is 10.1. The van der Waals surface area contributed by atoms with Crippen LogP contribution in [0.5, 0.6) is 5.75 Å². The van der Waals surface area contributed by atoms with E-state index in [1.807, 2.05) is 6.07 Å². The number of fused-ring (bicyclic) bond motifs is 3. The minimum absolute atomic E-state index is 0.0182. The first-order valence-corrected chi connectivity index (χ1v) is 13.1. The zero-order valence-corrected chi connectivity index (χ0v) is 22.4. The molecule has 3 aromatic rings. The zero-order chi connectivity index (χ0) is 27.9. The number of halogens is 3. The van der Waals surface area contributed by atoms with E-state index in [2.05, 4.69) is 44.1 Å². The summed E-state index contributed by atoms with van der Waals surface area (Å²) in [5.74, 6) is -0.447. The quantitative estimate of drug-likeness (QED) is 0.371. The van der Waals surface area contributed by atoms with Crippen molar-refractivity contribution in [2.75, 3.05) is 10.2 Å². The van der Waals surface area contributed by atoms with Gasteiger partial charge in [0.1, 0.15) is 5.75 Å². The molecule has 2 aliphatic rings. The van der Waals surface area contributed by atoms with E-state index in [0.29, 0.717) is 16.9 Å². The van der Waals surface area contributed by atoms with Crippen molar-refractivity contribution in [2.24, 2.45) is 0 Å². The van der Waals surface area contributed by atoms with Gasteiger partial charge in [-0.25, -0.2) is 0 Å². The molecule has 1 aliphatic heterocycles. The number of anilines is 2. The van der Waals surface area contributed by atoms with Crippen LogP contribution in [0.2, 0.25) is 0 Å². The number of nitrogens with one attached hydrogen (secondary N) is 2. The first-order valence-electron chi connectivity index (χ1n) is 12.7. The van der Waals surface area contributed by atoms with E-state index < -0.39 is 5.57 Å². The van der Waals surface area contributed by atoms with Crippen molar-refractivity contribution in [3.63, 3.8) is 0 Å². The van der Waals surface area contributed by atoms with Crippen molar-refractivity contribution in [3.8, 4) is 17.0 Å². The summed E-state index contributed by atoms with van der Waals surface area (Å²) in [5, 5.41) is 5.95. The molecule has 204 valence electrons. The van der Waals surface area contributed by atoms with Crippen LogP contribution in [0.15, 0.2) is 55.0 Å². The number of benzene rings is 2. The van der Waals surface area contributed by atoms with Crippen molar-refractivity contribution in [2.45, 2.75) is 63.2 Å². The highest BCUT2D eigenvalue weighted by atomic mass is 35.5. The predicted molar refractivity (Wildman–Crippen MR) is 144 cm³/mol. The highest BCUT2D eigenvalue weighted by molar-refractivity contribution is 6.20. The van der Waals surface area contributed by atoms with Gasteiger partial charge in [0.25, 0.3) is 5.91 Å². The maximum atomic E-state index is 13.4. The Hall–Kier alpha value is -3.79. The van der Waals surface area contributed by atoms with E-state index in [9.17, 15) is 18.4 Å². The number of carbonyl (C=O) groups is 2. The number of ether oxygens (including phenoxy) is 1. The number of hydrogen-bond donors (Lipinski definition) is 2. The fourth-order valence-corrected chi connectivity index (χ4v) is 5.90. The second kappa shape index (κ2) is 10.4. The van der Waals surface area contributed by atoms with E-state index in [4.69, 9.17) is 11.6 Å². The fourth-order valence-electron chi connectivity index (χ4n) is 5.81. The molecular weight excluding hydrogens is 528 g/mol. The third-order valence-corrected chi connectivity index (χ3v) is 7.20. The summed E-state index contributed by atoms with van der Waals surface area (Å²) in [7, 11) is 0. The van der Waals surface area contributed by atoms with Crippen LogP contribution in [0.3, 0.4) is 0 Å². The Morgan fingerprint density at radius 2 is 1.90 bits per heavy atom. The molecule has 11 heteroatoms. The number of aromatic nitrogens is 2. The SMILES string of the molecule is CC(=O)NC1CCC2c3cc(C(=O)Nc4ccc(OC(F)(F)Cl)cc4)cc(-c4cnccn4)c3N(C(C)C)C12. The monoisotopic (exact) mass is 555 g/mol. The molecule has 3 atom stereocenters. The number of nitrogens with zero attached hydrogens (tertiary/aromatic N) is 3. The van der Waals surface area contributed by atoms with Gasteiger partial charge in [0, 0.05) is 65.7 Å². The first kappa shape index (κ1) is 26.8. The Bertz CT molecular complexity index is 1380. The summed E-state index contributed by atoms with van der Waals surface area (Å²) in [6, 6.07) is 9.37. The van der Waals surface area contributed by atoms with Gasteiger partial charge in [-0.1, -0.05) is 0 Å². The molecular formula is C28H28ClF2N5O3. The van der Waals surface area contributed by atoms with Gasteiger partial charge in [-0.3, -0.25) is 19.6 Å². The lowest BCUT2D eigenvalue weighted by atomic mass is 9.92. The topological polar surface area (TPSA) is 96.5 Å². The van der Waals surface area contributed by atoms with Crippen LogP contribution in [0.1, 0.15) is 55.5 Å². The van der Waals surface area contributed by atoms with Crippen LogP contribution in [-0.4, -0.2) is 45.5 Å². The summed E-state index contributed by atoms with van der Waals surface area (Å²) in [4.78, 5) is 36.5. The van der Waals surface area contributed by atoms with Crippen molar-refractivity contribution in [3.05, 3.63) is 66.1 Å².